The third-order valence-corrected chi connectivity index (χ3v) is 6.19. The largest absolute Gasteiger partial charge is 0.412 e. The van der Waals surface area contributed by atoms with E-state index in [1.807, 2.05) is 21.3 Å². The fraction of sp³-hybridized carbons (Fsp3) is 0.286. The van der Waals surface area contributed by atoms with Gasteiger partial charge in [-0.2, -0.15) is 0 Å². The number of piperazine rings is 1. The summed E-state index contributed by atoms with van der Waals surface area (Å²) in [6.07, 6.45) is 5.82. The molecule has 0 radical (unpaired) electrons. The molecule has 3 rings (SSSR count). The number of anilines is 1. The third kappa shape index (κ3) is 6.31. The van der Waals surface area contributed by atoms with Crippen molar-refractivity contribution in [3.63, 3.8) is 0 Å². The van der Waals surface area contributed by atoms with Crippen molar-refractivity contribution in [2.24, 2.45) is 0 Å². The van der Waals surface area contributed by atoms with Crippen LogP contribution < -0.4 is 5.32 Å². The Morgan fingerprint density at radius 3 is 2.43 bits per heavy atom. The number of nitrogens with one attached hydrogen (secondary N) is 1. The number of rotatable bonds is 7. The molecule has 2 amide bonds. The number of aryl methyl sites for hydroxylation is 1. The lowest BCUT2D eigenvalue weighted by Crippen LogP contribution is -2.49. The monoisotopic (exact) mass is 430 g/mol. The van der Waals surface area contributed by atoms with Gasteiger partial charge in [0.05, 0.1) is 4.90 Å². The Bertz CT molecular complexity index is 882. The molecule has 1 unspecified atom stereocenters. The fourth-order valence-corrected chi connectivity index (χ4v) is 4.22. The zero-order valence-electron chi connectivity index (χ0n) is 16.6. The Morgan fingerprint density at radius 2 is 1.83 bits per heavy atom. The quantitative estimate of drug-likeness (QED) is 0.664. The molecule has 3 N–H and O–H groups in total. The summed E-state index contributed by atoms with van der Waals surface area (Å²) in [6.45, 7) is 5.64. The van der Waals surface area contributed by atoms with Crippen molar-refractivity contribution in [1.82, 2.24) is 14.2 Å². The van der Waals surface area contributed by atoms with Gasteiger partial charge in [-0.05, 0) is 48.4 Å². The Balaban J connectivity index is 0.00000320. The maximum Gasteiger partial charge on any atom is 0.247 e. The molecule has 1 aliphatic heterocycles. The van der Waals surface area contributed by atoms with E-state index >= 15 is 0 Å². The summed E-state index contributed by atoms with van der Waals surface area (Å²) in [6, 6.07) is 10.7. The molecule has 1 aliphatic rings. The molecule has 1 fully saturated rings. The van der Waals surface area contributed by atoms with Crippen molar-refractivity contribution in [3.8, 4) is 0 Å². The van der Waals surface area contributed by atoms with Gasteiger partial charge >= 0.3 is 0 Å². The van der Waals surface area contributed by atoms with Crippen LogP contribution in [0.5, 0.6) is 0 Å². The molecular weight excluding hydrogens is 404 g/mol. The number of aromatic nitrogens is 1. The highest BCUT2D eigenvalue weighted by Crippen LogP contribution is 2.17. The second-order valence-electron chi connectivity index (χ2n) is 6.64. The van der Waals surface area contributed by atoms with E-state index in [9.17, 15) is 13.8 Å². The van der Waals surface area contributed by atoms with Crippen molar-refractivity contribution < 1.29 is 19.3 Å². The maximum absolute atomic E-state index is 12.8. The summed E-state index contributed by atoms with van der Waals surface area (Å²) in [5.41, 5.74) is 1.67. The molecule has 0 aliphatic carbocycles. The molecule has 1 aromatic carbocycles. The second-order valence-corrected chi connectivity index (χ2v) is 8.12. The molecule has 0 spiro atoms. The Morgan fingerprint density at radius 1 is 1.13 bits per heavy atom. The molecule has 2 aromatic rings. The Hall–Kier alpha value is -2.88. The number of nitrogens with zero attached hydrogens (tertiary/aromatic N) is 3. The summed E-state index contributed by atoms with van der Waals surface area (Å²) in [4.78, 5) is 30.3. The summed E-state index contributed by atoms with van der Waals surface area (Å²) < 4.78 is 14.7. The van der Waals surface area contributed by atoms with Crippen molar-refractivity contribution in [2.45, 2.75) is 17.7 Å². The molecule has 0 bridgehead atoms. The molecule has 1 saturated heterocycles. The van der Waals surface area contributed by atoms with E-state index in [-0.39, 0.29) is 17.3 Å². The van der Waals surface area contributed by atoms with Gasteiger partial charge in [0.15, 0.2) is 0 Å². The van der Waals surface area contributed by atoms with Gasteiger partial charge in [0, 0.05) is 50.7 Å². The van der Waals surface area contributed by atoms with E-state index in [4.69, 9.17) is 0 Å². The highest BCUT2D eigenvalue weighted by atomic mass is 32.2. The van der Waals surface area contributed by atoms with Crippen LogP contribution in [0.1, 0.15) is 12.0 Å². The highest BCUT2D eigenvalue weighted by molar-refractivity contribution is 7.82. The van der Waals surface area contributed by atoms with Crippen LogP contribution in [0.25, 0.3) is 0 Å². The fourth-order valence-electron chi connectivity index (χ4n) is 3.06. The molecule has 1 aromatic heterocycles. The minimum Gasteiger partial charge on any atom is -0.412 e. The van der Waals surface area contributed by atoms with Crippen LogP contribution in [-0.4, -0.2) is 61.9 Å². The Kier molecular flexibility index (Phi) is 8.85. The minimum atomic E-state index is -1.30. The lowest BCUT2D eigenvalue weighted by atomic mass is 10.1. The van der Waals surface area contributed by atoms with Crippen LogP contribution in [0.2, 0.25) is 0 Å². The number of pyridine rings is 1. The van der Waals surface area contributed by atoms with Crippen LogP contribution in [0.3, 0.4) is 0 Å². The number of amides is 2. The number of hydrogen-bond donors (Lipinski definition) is 1. The summed E-state index contributed by atoms with van der Waals surface area (Å²) in [5.74, 6) is -0.176. The zero-order valence-corrected chi connectivity index (χ0v) is 17.4. The van der Waals surface area contributed by atoms with Crippen LogP contribution in [0.15, 0.2) is 66.3 Å². The Labute approximate surface area is 178 Å². The average Bonchev–Trinajstić information content (AvgIpc) is 2.78. The van der Waals surface area contributed by atoms with Gasteiger partial charge in [-0.3, -0.25) is 14.6 Å². The van der Waals surface area contributed by atoms with Gasteiger partial charge in [-0.15, -0.1) is 0 Å². The van der Waals surface area contributed by atoms with Gasteiger partial charge < -0.3 is 15.7 Å². The predicted octanol–water partition coefficient (Wildman–Crippen LogP) is 1.18. The number of carbonyl (C=O) groups excluding carboxylic acids is 2. The third-order valence-electron chi connectivity index (χ3n) is 4.69. The first-order chi connectivity index (χ1) is 14.1. The molecule has 8 nitrogen and oxygen atoms in total. The molecule has 1 atom stereocenters. The summed E-state index contributed by atoms with van der Waals surface area (Å²) in [5, 5.41) is 2.66. The molecule has 30 heavy (non-hydrogen) atoms. The van der Waals surface area contributed by atoms with Gasteiger partial charge in [0.1, 0.15) is 11.0 Å². The predicted molar refractivity (Wildman–Crippen MR) is 116 cm³/mol. The first-order valence-corrected chi connectivity index (χ1v) is 10.5. The topological polar surface area (TPSA) is 114 Å². The summed E-state index contributed by atoms with van der Waals surface area (Å²) >= 11 is 0. The summed E-state index contributed by atoms with van der Waals surface area (Å²) in [7, 11) is -1.30. The minimum absolute atomic E-state index is 0. The standard InChI is InChI=1S/C21H24N4O3S.H2O/c1-2-20(26)23-18-6-8-19(9-7-18)29(28)25-14-12-24(13-15-25)21(27)10-5-17-4-3-11-22-16-17;/h2-4,6-9,11,16H,1,5,10,12-15H2,(H,23,26);1H2. The average molecular weight is 431 g/mol. The number of benzene rings is 1. The van der Waals surface area contributed by atoms with E-state index in [0.29, 0.717) is 49.6 Å². The lowest BCUT2D eigenvalue weighted by molar-refractivity contribution is -0.132. The van der Waals surface area contributed by atoms with Gasteiger partial charge in [-0.1, -0.05) is 12.6 Å². The van der Waals surface area contributed by atoms with E-state index in [1.165, 1.54) is 6.08 Å². The number of hydrogen-bond acceptors (Lipinski definition) is 4. The first kappa shape index (κ1) is 23.4. The van der Waals surface area contributed by atoms with E-state index < -0.39 is 11.0 Å². The number of carbonyl (C=O) groups is 2. The van der Waals surface area contributed by atoms with Crippen LogP contribution in [-0.2, 0) is 27.0 Å². The SMILES string of the molecule is C=CC(=O)Nc1ccc(S(=O)N2CCN(C(=O)CCc3cccnc3)CC2)cc1.O. The molecule has 2 heterocycles. The van der Waals surface area contributed by atoms with Crippen molar-refractivity contribution >= 4 is 28.5 Å². The van der Waals surface area contributed by atoms with Gasteiger partial charge in [0.2, 0.25) is 11.8 Å². The van der Waals surface area contributed by atoms with Crippen molar-refractivity contribution in [1.29, 1.82) is 0 Å². The van der Waals surface area contributed by atoms with E-state index in [0.717, 1.165) is 5.56 Å². The maximum atomic E-state index is 12.8. The normalized spacial score (nSPS) is 15.0. The van der Waals surface area contributed by atoms with Gasteiger partial charge in [-0.25, -0.2) is 8.51 Å². The van der Waals surface area contributed by atoms with E-state index in [1.54, 1.807) is 36.7 Å². The lowest BCUT2D eigenvalue weighted by Gasteiger charge is -2.33. The second kappa shape index (κ2) is 11.3. The zero-order chi connectivity index (χ0) is 20.6. The molecule has 9 heteroatoms. The van der Waals surface area contributed by atoms with Crippen LogP contribution >= 0.6 is 0 Å². The van der Waals surface area contributed by atoms with Crippen LogP contribution in [0.4, 0.5) is 5.69 Å². The van der Waals surface area contributed by atoms with Gasteiger partial charge in [0.25, 0.3) is 0 Å². The molecule has 160 valence electrons. The van der Waals surface area contributed by atoms with Crippen molar-refractivity contribution in [2.75, 3.05) is 31.5 Å². The molecule has 0 saturated carbocycles. The smallest absolute Gasteiger partial charge is 0.247 e. The van der Waals surface area contributed by atoms with Crippen molar-refractivity contribution in [3.05, 3.63) is 67.0 Å². The van der Waals surface area contributed by atoms with E-state index in [2.05, 4.69) is 16.9 Å². The molecular formula is C21H26N4O4S. The highest BCUT2D eigenvalue weighted by Gasteiger charge is 2.24. The first-order valence-electron chi connectivity index (χ1n) is 9.44. The van der Waals surface area contributed by atoms with Crippen LogP contribution in [0, 0.1) is 0 Å².